The molecule has 0 aliphatic rings. The highest BCUT2D eigenvalue weighted by atomic mass is 16.6. The molecular formula is C16H34B2N2O3. The zero-order chi connectivity index (χ0) is 18.4. The van der Waals surface area contributed by atoms with Crippen molar-refractivity contribution in [1.29, 1.82) is 0 Å². The van der Waals surface area contributed by atoms with Gasteiger partial charge in [0.05, 0.1) is 0 Å². The van der Waals surface area contributed by atoms with Gasteiger partial charge in [-0.2, -0.15) is 0 Å². The van der Waals surface area contributed by atoms with E-state index < -0.39 is 22.9 Å². The van der Waals surface area contributed by atoms with Crippen molar-refractivity contribution in [3.05, 3.63) is 0 Å². The summed E-state index contributed by atoms with van der Waals surface area (Å²) < 4.78 is 5.31. The third kappa shape index (κ3) is 8.33. The number of ether oxygens (including phenoxy) is 1. The monoisotopic (exact) mass is 324 g/mol. The molecule has 0 radical (unpaired) electrons. The van der Waals surface area contributed by atoms with Crippen LogP contribution in [0, 0.1) is 11.8 Å². The van der Waals surface area contributed by atoms with E-state index >= 15 is 0 Å². The van der Waals surface area contributed by atoms with E-state index in [1.807, 2.05) is 29.5 Å². The average molecular weight is 324 g/mol. The minimum Gasteiger partial charge on any atom is -0.444 e. The van der Waals surface area contributed by atoms with Crippen molar-refractivity contribution in [2.45, 2.75) is 71.7 Å². The van der Waals surface area contributed by atoms with E-state index in [-0.39, 0.29) is 11.8 Å². The number of rotatable bonds is 7. The first-order valence-corrected chi connectivity index (χ1v) is 8.54. The molecule has 0 aromatic heterocycles. The van der Waals surface area contributed by atoms with Crippen molar-refractivity contribution < 1.29 is 14.3 Å². The fourth-order valence-electron chi connectivity index (χ4n) is 1.93. The summed E-state index contributed by atoms with van der Waals surface area (Å²) in [7, 11) is 3.98. The molecule has 2 amide bonds. The zero-order valence-corrected chi connectivity index (χ0v) is 16.4. The lowest BCUT2D eigenvalue weighted by Gasteiger charge is -2.38. The van der Waals surface area contributed by atoms with Crippen LogP contribution in [0.4, 0.5) is 4.79 Å². The van der Waals surface area contributed by atoms with Gasteiger partial charge in [-0.3, -0.25) is 4.79 Å². The van der Waals surface area contributed by atoms with E-state index in [4.69, 9.17) is 4.74 Å². The highest BCUT2D eigenvalue weighted by Crippen LogP contribution is 2.32. The van der Waals surface area contributed by atoms with Gasteiger partial charge in [-0.15, -0.1) is 0 Å². The number of carbonyl (C=O) groups excluding carboxylic acids is 2. The summed E-state index contributed by atoms with van der Waals surface area (Å²) in [5, 5.41) is 5.30. The molecule has 0 aromatic carbocycles. The molecule has 0 saturated heterocycles. The van der Waals surface area contributed by atoms with Crippen molar-refractivity contribution in [3.8, 4) is 0 Å². The second kappa shape index (κ2) is 8.65. The van der Waals surface area contributed by atoms with Crippen LogP contribution in [0.25, 0.3) is 0 Å². The quantitative estimate of drug-likeness (QED) is 0.689. The van der Waals surface area contributed by atoms with Gasteiger partial charge in [0.2, 0.25) is 5.91 Å². The van der Waals surface area contributed by atoms with Gasteiger partial charge in [-0.1, -0.05) is 38.8 Å². The Kier molecular flexibility index (Phi) is 8.22. The first-order valence-electron chi connectivity index (χ1n) is 8.54. The lowest BCUT2D eigenvalue weighted by molar-refractivity contribution is -0.123. The third-order valence-electron chi connectivity index (χ3n) is 4.18. The number of hydrogen-bond acceptors (Lipinski definition) is 3. The molecule has 0 aliphatic carbocycles. The molecule has 0 fully saturated rings. The van der Waals surface area contributed by atoms with E-state index in [1.165, 1.54) is 0 Å². The molecule has 1 unspecified atom stereocenters. The number of alkyl carbamates (subject to hydrolysis) is 1. The van der Waals surface area contributed by atoms with Crippen LogP contribution in [0.3, 0.4) is 0 Å². The van der Waals surface area contributed by atoms with Crippen molar-refractivity contribution >= 4 is 27.7 Å². The minimum atomic E-state index is -0.635. The summed E-state index contributed by atoms with van der Waals surface area (Å²) in [6.07, 6.45) is 0.350. The van der Waals surface area contributed by atoms with Gasteiger partial charge in [-0.05, 0) is 33.1 Å². The van der Waals surface area contributed by atoms with Gasteiger partial charge >= 0.3 is 6.09 Å². The SMILES string of the molecule is BC(B)(C(C)C)C(NC(=O)OC(C)(C)C)C(=O)NCCC(C)C. The van der Waals surface area contributed by atoms with Gasteiger partial charge in [0.25, 0.3) is 0 Å². The zero-order valence-electron chi connectivity index (χ0n) is 16.4. The molecule has 2 N–H and O–H groups in total. The summed E-state index contributed by atoms with van der Waals surface area (Å²) in [6, 6.07) is -0.635. The topological polar surface area (TPSA) is 67.4 Å². The molecule has 1 atom stereocenters. The van der Waals surface area contributed by atoms with Crippen LogP contribution in [0.5, 0.6) is 0 Å². The fourth-order valence-corrected chi connectivity index (χ4v) is 1.93. The molecule has 0 aromatic rings. The fraction of sp³-hybridized carbons (Fsp3) is 0.875. The molecule has 0 rings (SSSR count). The summed E-state index contributed by atoms with van der Waals surface area (Å²) in [5.41, 5.74) is -0.593. The molecule has 0 aliphatic heterocycles. The van der Waals surface area contributed by atoms with Crippen LogP contribution >= 0.6 is 0 Å². The maximum absolute atomic E-state index is 12.6. The summed E-state index contributed by atoms with van der Waals surface area (Å²) in [5.74, 6) is 0.583. The van der Waals surface area contributed by atoms with Gasteiger partial charge < -0.3 is 15.4 Å². The Morgan fingerprint density at radius 1 is 1.09 bits per heavy atom. The highest BCUT2D eigenvalue weighted by Gasteiger charge is 2.39. The number of nitrogens with one attached hydrogen (secondary N) is 2. The maximum atomic E-state index is 12.6. The van der Waals surface area contributed by atoms with Gasteiger partial charge in [-0.25, -0.2) is 4.79 Å². The van der Waals surface area contributed by atoms with Crippen molar-refractivity contribution in [1.82, 2.24) is 10.6 Å². The van der Waals surface area contributed by atoms with Crippen molar-refractivity contribution in [2.75, 3.05) is 6.54 Å². The Bertz CT molecular complexity index is 405. The summed E-state index contributed by atoms with van der Waals surface area (Å²) in [6.45, 7) is 14.3. The number of hydrogen-bond donors (Lipinski definition) is 2. The second-order valence-corrected chi connectivity index (χ2v) is 8.53. The maximum Gasteiger partial charge on any atom is 0.408 e. The standard InChI is InChI=1S/C16H34B2N2O3/c1-10(2)8-9-19-13(21)12(16(17,18)11(3)4)20-14(22)23-15(5,6)7/h10-12H,8-9,17-18H2,1-7H3,(H,19,21)(H,20,22). The Morgan fingerprint density at radius 2 is 1.61 bits per heavy atom. The molecule has 132 valence electrons. The van der Waals surface area contributed by atoms with Gasteiger partial charge in [0.1, 0.15) is 27.3 Å². The first kappa shape index (κ1) is 21.9. The predicted molar refractivity (Wildman–Crippen MR) is 100 cm³/mol. The average Bonchev–Trinajstić information content (AvgIpc) is 2.32. The Labute approximate surface area is 143 Å². The number of amides is 2. The molecule has 7 heteroatoms. The van der Waals surface area contributed by atoms with Crippen LogP contribution in [0.15, 0.2) is 0 Å². The largest absolute Gasteiger partial charge is 0.444 e. The van der Waals surface area contributed by atoms with Crippen molar-refractivity contribution in [2.24, 2.45) is 11.8 Å². The summed E-state index contributed by atoms with van der Waals surface area (Å²) in [4.78, 5) is 24.7. The molecule has 0 bridgehead atoms. The molecule has 0 spiro atoms. The minimum absolute atomic E-state index is 0.157. The Hall–Kier alpha value is -1.13. The van der Waals surface area contributed by atoms with Crippen LogP contribution in [0.1, 0.15) is 54.9 Å². The highest BCUT2D eigenvalue weighted by molar-refractivity contribution is 6.42. The van der Waals surface area contributed by atoms with Crippen LogP contribution in [-0.4, -0.2) is 45.9 Å². The first-order chi connectivity index (χ1) is 10.3. The van der Waals surface area contributed by atoms with E-state index in [2.05, 4.69) is 24.5 Å². The van der Waals surface area contributed by atoms with Gasteiger partial charge in [0, 0.05) is 6.54 Å². The van der Waals surface area contributed by atoms with E-state index in [0.717, 1.165) is 6.42 Å². The molecule has 23 heavy (non-hydrogen) atoms. The van der Waals surface area contributed by atoms with E-state index in [0.29, 0.717) is 12.5 Å². The third-order valence-corrected chi connectivity index (χ3v) is 4.18. The Balaban J connectivity index is 5.03. The summed E-state index contributed by atoms with van der Waals surface area (Å²) >= 11 is 0. The smallest absolute Gasteiger partial charge is 0.408 e. The molecule has 5 nitrogen and oxygen atoms in total. The second-order valence-electron chi connectivity index (χ2n) is 8.53. The lowest BCUT2D eigenvalue weighted by atomic mass is 9.45. The Morgan fingerprint density at radius 3 is 2.00 bits per heavy atom. The molecule has 0 heterocycles. The van der Waals surface area contributed by atoms with Crippen LogP contribution in [-0.2, 0) is 9.53 Å². The number of carbonyl (C=O) groups is 2. The predicted octanol–water partition coefficient (Wildman–Crippen LogP) is 1.08. The van der Waals surface area contributed by atoms with E-state index in [9.17, 15) is 9.59 Å². The molecule has 0 saturated carbocycles. The van der Waals surface area contributed by atoms with Crippen LogP contribution < -0.4 is 10.6 Å². The lowest BCUT2D eigenvalue weighted by Crippen LogP contribution is -2.56. The van der Waals surface area contributed by atoms with Gasteiger partial charge in [0.15, 0.2) is 0 Å². The molecular weight excluding hydrogens is 290 g/mol. The van der Waals surface area contributed by atoms with Crippen LogP contribution in [0.2, 0.25) is 5.21 Å². The van der Waals surface area contributed by atoms with E-state index in [1.54, 1.807) is 20.8 Å². The van der Waals surface area contributed by atoms with Crippen molar-refractivity contribution in [3.63, 3.8) is 0 Å². The normalized spacial score (nSPS) is 13.8.